The number of hydrogen-bond donors (Lipinski definition) is 1. The lowest BCUT2D eigenvalue weighted by Crippen LogP contribution is -2.33. The van der Waals surface area contributed by atoms with E-state index < -0.39 is 22.2 Å². The highest BCUT2D eigenvalue weighted by Gasteiger charge is 2.32. The highest BCUT2D eigenvalue weighted by Crippen LogP contribution is 2.20. The number of cyclic esters (lactones) is 1. The third-order valence-electron chi connectivity index (χ3n) is 2.52. The maximum atomic E-state index is 11.6. The average molecular weight is 270 g/mol. The number of sulfonamides is 1. The van der Waals surface area contributed by atoms with Crippen LogP contribution in [0.15, 0.2) is 30.3 Å². The monoisotopic (exact) mass is 270 g/mol. The number of hydrogen-bond acceptors (Lipinski definition) is 4. The molecule has 1 atom stereocenters. The molecule has 1 aromatic rings. The van der Waals surface area contributed by atoms with Crippen molar-refractivity contribution in [2.45, 2.75) is 6.10 Å². The van der Waals surface area contributed by atoms with Crippen molar-refractivity contribution in [3.05, 3.63) is 30.3 Å². The van der Waals surface area contributed by atoms with Gasteiger partial charge in [0.1, 0.15) is 6.10 Å². The van der Waals surface area contributed by atoms with Crippen molar-refractivity contribution in [3.8, 4) is 0 Å². The summed E-state index contributed by atoms with van der Waals surface area (Å²) >= 11 is 0. The Hall–Kier alpha value is -1.60. The molecule has 1 aliphatic rings. The molecular weight excluding hydrogens is 256 g/mol. The molecule has 1 unspecified atom stereocenters. The molecule has 18 heavy (non-hydrogen) atoms. The first-order valence-corrected chi connectivity index (χ1v) is 7.33. The highest BCUT2D eigenvalue weighted by molar-refractivity contribution is 7.88. The highest BCUT2D eigenvalue weighted by atomic mass is 32.2. The molecule has 0 aliphatic carbocycles. The Morgan fingerprint density at radius 1 is 1.39 bits per heavy atom. The minimum absolute atomic E-state index is 0.0912. The normalized spacial score (nSPS) is 19.9. The molecule has 6 nitrogen and oxygen atoms in total. The van der Waals surface area contributed by atoms with Crippen molar-refractivity contribution in [3.63, 3.8) is 0 Å². The van der Waals surface area contributed by atoms with Gasteiger partial charge in [0, 0.05) is 12.2 Å². The van der Waals surface area contributed by atoms with Gasteiger partial charge in [-0.25, -0.2) is 17.9 Å². The van der Waals surface area contributed by atoms with Crippen LogP contribution in [-0.4, -0.2) is 40.0 Å². The molecule has 1 saturated heterocycles. The van der Waals surface area contributed by atoms with Crippen LogP contribution in [-0.2, 0) is 14.8 Å². The van der Waals surface area contributed by atoms with Gasteiger partial charge in [-0.1, -0.05) is 18.2 Å². The Kier molecular flexibility index (Phi) is 3.53. The van der Waals surface area contributed by atoms with E-state index in [2.05, 4.69) is 4.72 Å². The van der Waals surface area contributed by atoms with Crippen LogP contribution in [0.5, 0.6) is 0 Å². The summed E-state index contributed by atoms with van der Waals surface area (Å²) in [5.41, 5.74) is 0.740. The molecule has 7 heteroatoms. The van der Waals surface area contributed by atoms with Crippen molar-refractivity contribution in [2.24, 2.45) is 0 Å². The van der Waals surface area contributed by atoms with Gasteiger partial charge in [0.05, 0.1) is 12.8 Å². The first-order chi connectivity index (χ1) is 8.46. The van der Waals surface area contributed by atoms with Crippen molar-refractivity contribution in [2.75, 3.05) is 24.2 Å². The number of carbonyl (C=O) groups excluding carboxylic acids is 1. The Bertz CT molecular complexity index is 529. The van der Waals surface area contributed by atoms with Crippen LogP contribution >= 0.6 is 0 Å². The molecule has 1 aromatic carbocycles. The zero-order chi connectivity index (χ0) is 13.2. The third-order valence-corrected chi connectivity index (χ3v) is 3.21. The van der Waals surface area contributed by atoms with Crippen molar-refractivity contribution in [1.82, 2.24) is 4.72 Å². The van der Waals surface area contributed by atoms with E-state index in [-0.39, 0.29) is 6.54 Å². The minimum atomic E-state index is -3.27. The van der Waals surface area contributed by atoms with Gasteiger partial charge in [0.15, 0.2) is 0 Å². The van der Waals surface area contributed by atoms with Crippen molar-refractivity contribution < 1.29 is 17.9 Å². The fourth-order valence-electron chi connectivity index (χ4n) is 1.69. The standard InChI is InChI=1S/C11H14N2O4S/c1-18(15,16)12-7-10-8-13(11(14)17-10)9-5-3-2-4-6-9/h2-6,10,12H,7-8H2,1H3. The molecule has 0 spiro atoms. The number of nitrogens with zero attached hydrogens (tertiary/aromatic N) is 1. The van der Waals surface area contributed by atoms with E-state index in [0.717, 1.165) is 11.9 Å². The molecule has 1 aliphatic heterocycles. The molecule has 1 fully saturated rings. The summed E-state index contributed by atoms with van der Waals surface area (Å²) < 4.78 is 29.3. The van der Waals surface area contributed by atoms with Crippen LogP contribution in [0.25, 0.3) is 0 Å². The number of ether oxygens (including phenoxy) is 1. The van der Waals surface area contributed by atoms with Gasteiger partial charge in [0.2, 0.25) is 10.0 Å². The van der Waals surface area contributed by atoms with Crippen LogP contribution < -0.4 is 9.62 Å². The smallest absolute Gasteiger partial charge is 0.414 e. The number of nitrogens with one attached hydrogen (secondary N) is 1. The van der Waals surface area contributed by atoms with Gasteiger partial charge in [-0.3, -0.25) is 4.90 Å². The lowest BCUT2D eigenvalue weighted by atomic mass is 10.3. The second-order valence-corrected chi connectivity index (χ2v) is 5.91. The fourth-order valence-corrected chi connectivity index (χ4v) is 2.18. The number of para-hydroxylation sites is 1. The van der Waals surface area contributed by atoms with Crippen molar-refractivity contribution in [1.29, 1.82) is 0 Å². The Morgan fingerprint density at radius 2 is 2.06 bits per heavy atom. The summed E-state index contributed by atoms with van der Waals surface area (Å²) in [6.07, 6.45) is 0.146. The summed E-state index contributed by atoms with van der Waals surface area (Å²) in [6, 6.07) is 9.10. The maximum absolute atomic E-state index is 11.6. The second kappa shape index (κ2) is 4.95. The summed E-state index contributed by atoms with van der Waals surface area (Å²) in [6.45, 7) is 0.430. The largest absolute Gasteiger partial charge is 0.443 e. The SMILES string of the molecule is CS(=O)(=O)NCC1CN(c2ccccc2)C(=O)O1. The van der Waals surface area contributed by atoms with E-state index >= 15 is 0 Å². The van der Waals surface area contributed by atoms with Gasteiger partial charge in [-0.15, -0.1) is 0 Å². The van der Waals surface area contributed by atoms with E-state index in [9.17, 15) is 13.2 Å². The number of amides is 1. The molecule has 0 bridgehead atoms. The molecule has 1 heterocycles. The van der Waals surface area contributed by atoms with Crippen LogP contribution in [0.2, 0.25) is 0 Å². The second-order valence-electron chi connectivity index (χ2n) is 4.07. The first kappa shape index (κ1) is 12.8. The zero-order valence-corrected chi connectivity index (χ0v) is 10.7. The number of anilines is 1. The van der Waals surface area contributed by atoms with Gasteiger partial charge in [-0.05, 0) is 12.1 Å². The summed E-state index contributed by atoms with van der Waals surface area (Å²) in [7, 11) is -3.27. The third kappa shape index (κ3) is 3.21. The Morgan fingerprint density at radius 3 is 2.67 bits per heavy atom. The van der Waals surface area contributed by atoms with Crippen LogP contribution in [0.4, 0.5) is 10.5 Å². The van der Waals surface area contributed by atoms with Crippen LogP contribution in [0.1, 0.15) is 0 Å². The van der Waals surface area contributed by atoms with E-state index in [1.807, 2.05) is 18.2 Å². The lowest BCUT2D eigenvalue weighted by molar-refractivity contribution is 0.143. The van der Waals surface area contributed by atoms with E-state index in [4.69, 9.17) is 4.74 Å². The predicted molar refractivity (Wildman–Crippen MR) is 66.9 cm³/mol. The predicted octanol–water partition coefficient (Wildman–Crippen LogP) is 0.561. The van der Waals surface area contributed by atoms with Gasteiger partial charge >= 0.3 is 6.09 Å². The zero-order valence-electron chi connectivity index (χ0n) is 9.87. The van der Waals surface area contributed by atoms with Crippen molar-refractivity contribution >= 4 is 21.8 Å². The van der Waals surface area contributed by atoms with E-state index in [1.54, 1.807) is 12.1 Å². The van der Waals surface area contributed by atoms with Crippen LogP contribution in [0.3, 0.4) is 0 Å². The Balaban J connectivity index is 1.99. The summed E-state index contributed by atoms with van der Waals surface area (Å²) in [5, 5.41) is 0. The Labute approximate surface area is 106 Å². The fraction of sp³-hybridized carbons (Fsp3) is 0.364. The first-order valence-electron chi connectivity index (χ1n) is 5.43. The van der Waals surface area contributed by atoms with E-state index in [0.29, 0.717) is 6.54 Å². The quantitative estimate of drug-likeness (QED) is 0.867. The minimum Gasteiger partial charge on any atom is -0.443 e. The maximum Gasteiger partial charge on any atom is 0.414 e. The molecule has 0 aromatic heterocycles. The van der Waals surface area contributed by atoms with Crippen LogP contribution in [0, 0.1) is 0 Å². The number of rotatable bonds is 4. The molecule has 0 radical (unpaired) electrons. The molecule has 98 valence electrons. The van der Waals surface area contributed by atoms with E-state index in [1.165, 1.54) is 4.90 Å². The molecule has 2 rings (SSSR count). The summed E-state index contributed by atoms with van der Waals surface area (Å²) in [4.78, 5) is 13.1. The van der Waals surface area contributed by atoms with Gasteiger partial charge < -0.3 is 4.74 Å². The summed E-state index contributed by atoms with van der Waals surface area (Å²) in [5.74, 6) is 0. The lowest BCUT2D eigenvalue weighted by Gasteiger charge is -2.12. The van der Waals surface area contributed by atoms with Gasteiger partial charge in [-0.2, -0.15) is 0 Å². The van der Waals surface area contributed by atoms with Gasteiger partial charge in [0.25, 0.3) is 0 Å². The topological polar surface area (TPSA) is 75.7 Å². The molecule has 1 N–H and O–H groups in total. The number of benzene rings is 1. The molecular formula is C11H14N2O4S. The molecule has 0 saturated carbocycles. The average Bonchev–Trinajstić information content (AvgIpc) is 2.68. The molecule has 1 amide bonds. The number of carbonyl (C=O) groups is 1.